The minimum Gasteiger partial charge on any atom is -0.497 e. The molecule has 0 radical (unpaired) electrons. The van der Waals surface area contributed by atoms with Crippen LogP contribution in [0.2, 0.25) is 0 Å². The molecule has 1 heterocycles. The molecule has 0 aliphatic carbocycles. The van der Waals surface area contributed by atoms with Gasteiger partial charge in [-0.15, -0.1) is 0 Å². The molecule has 0 bridgehead atoms. The number of fused-ring (bicyclic) bond motifs is 1. The molecule has 0 aliphatic heterocycles. The fraction of sp³-hybridized carbons (Fsp3) is 0.167. The van der Waals surface area contributed by atoms with E-state index in [2.05, 4.69) is 4.98 Å². The number of ether oxygens (including phenoxy) is 1. The zero-order valence-corrected chi connectivity index (χ0v) is 12.5. The van der Waals surface area contributed by atoms with Crippen LogP contribution in [0.1, 0.15) is 11.1 Å². The third-order valence-electron chi connectivity index (χ3n) is 3.86. The molecular formula is C18H17NO3. The van der Waals surface area contributed by atoms with Crippen molar-refractivity contribution < 1.29 is 14.6 Å². The average Bonchev–Trinajstić information content (AvgIpc) is 2.85. The van der Waals surface area contributed by atoms with Gasteiger partial charge in [-0.1, -0.05) is 24.3 Å². The van der Waals surface area contributed by atoms with E-state index in [1.807, 2.05) is 49.4 Å². The molecule has 1 aromatic heterocycles. The summed E-state index contributed by atoms with van der Waals surface area (Å²) < 4.78 is 5.26. The largest absolute Gasteiger partial charge is 0.497 e. The molecule has 112 valence electrons. The Morgan fingerprint density at radius 3 is 2.68 bits per heavy atom. The number of hydrogen-bond acceptors (Lipinski definition) is 2. The molecule has 0 spiro atoms. The van der Waals surface area contributed by atoms with E-state index in [4.69, 9.17) is 4.74 Å². The summed E-state index contributed by atoms with van der Waals surface area (Å²) in [5.41, 5.74) is 4.69. The van der Waals surface area contributed by atoms with E-state index >= 15 is 0 Å². The zero-order valence-electron chi connectivity index (χ0n) is 12.5. The Hall–Kier alpha value is -2.75. The van der Waals surface area contributed by atoms with Crippen molar-refractivity contribution in [1.82, 2.24) is 4.98 Å². The second-order valence-corrected chi connectivity index (χ2v) is 5.28. The van der Waals surface area contributed by atoms with Gasteiger partial charge in [0.1, 0.15) is 5.75 Å². The first-order chi connectivity index (χ1) is 10.6. The second-order valence-electron chi connectivity index (χ2n) is 5.28. The van der Waals surface area contributed by atoms with Crippen LogP contribution >= 0.6 is 0 Å². The summed E-state index contributed by atoms with van der Waals surface area (Å²) in [6.07, 6.45) is -0.0309. The molecular weight excluding hydrogens is 278 g/mol. The molecule has 0 unspecified atom stereocenters. The van der Waals surface area contributed by atoms with Crippen LogP contribution in [0.5, 0.6) is 5.75 Å². The fourth-order valence-corrected chi connectivity index (χ4v) is 2.77. The number of aryl methyl sites for hydroxylation is 1. The first kappa shape index (κ1) is 14.2. The molecule has 4 nitrogen and oxygen atoms in total. The Labute approximate surface area is 128 Å². The molecule has 3 aromatic rings. The number of carboxylic acids is 1. The molecule has 0 amide bonds. The van der Waals surface area contributed by atoms with E-state index in [0.29, 0.717) is 0 Å². The summed E-state index contributed by atoms with van der Waals surface area (Å²) in [7, 11) is 1.60. The number of aliphatic carboxylic acids is 1. The van der Waals surface area contributed by atoms with Crippen LogP contribution in [0.4, 0.5) is 0 Å². The summed E-state index contributed by atoms with van der Waals surface area (Å²) in [5.74, 6) is -0.131. The quantitative estimate of drug-likeness (QED) is 0.770. The van der Waals surface area contributed by atoms with Gasteiger partial charge < -0.3 is 14.8 Å². The highest BCUT2D eigenvalue weighted by Gasteiger charge is 2.17. The lowest BCUT2D eigenvalue weighted by atomic mass is 9.99. The third-order valence-corrected chi connectivity index (χ3v) is 3.86. The molecule has 2 aromatic carbocycles. The maximum Gasteiger partial charge on any atom is 0.307 e. The summed E-state index contributed by atoms with van der Waals surface area (Å²) in [4.78, 5) is 14.6. The minimum atomic E-state index is -0.849. The van der Waals surface area contributed by atoms with Crippen molar-refractivity contribution in [2.24, 2.45) is 0 Å². The van der Waals surface area contributed by atoms with Gasteiger partial charge in [0.25, 0.3) is 0 Å². The van der Waals surface area contributed by atoms with Crippen molar-refractivity contribution in [3.63, 3.8) is 0 Å². The van der Waals surface area contributed by atoms with Crippen molar-refractivity contribution in [3.05, 3.63) is 53.6 Å². The van der Waals surface area contributed by atoms with E-state index in [0.717, 1.165) is 39.0 Å². The lowest BCUT2D eigenvalue weighted by molar-refractivity contribution is -0.136. The first-order valence-electron chi connectivity index (χ1n) is 7.06. The lowest BCUT2D eigenvalue weighted by Crippen LogP contribution is -2.01. The predicted octanol–water partition coefficient (Wildman–Crippen LogP) is 3.78. The average molecular weight is 295 g/mol. The smallest absolute Gasteiger partial charge is 0.307 e. The van der Waals surface area contributed by atoms with Crippen LogP contribution in [-0.2, 0) is 11.2 Å². The van der Waals surface area contributed by atoms with Crippen molar-refractivity contribution >= 4 is 16.9 Å². The second kappa shape index (κ2) is 5.56. The van der Waals surface area contributed by atoms with Crippen LogP contribution in [0.15, 0.2) is 42.5 Å². The number of rotatable bonds is 4. The van der Waals surface area contributed by atoms with Crippen LogP contribution in [0, 0.1) is 6.92 Å². The molecule has 0 saturated heterocycles. The van der Waals surface area contributed by atoms with Gasteiger partial charge in [-0.05, 0) is 36.2 Å². The molecule has 0 aliphatic rings. The lowest BCUT2D eigenvalue weighted by Gasteiger charge is -2.06. The number of carboxylic acid groups (broad SMARTS) is 1. The first-order valence-corrected chi connectivity index (χ1v) is 7.06. The van der Waals surface area contributed by atoms with E-state index in [1.165, 1.54) is 0 Å². The van der Waals surface area contributed by atoms with E-state index < -0.39 is 5.97 Å². The van der Waals surface area contributed by atoms with Gasteiger partial charge in [0.05, 0.1) is 19.2 Å². The minimum absolute atomic E-state index is 0.0309. The molecule has 4 heteroatoms. The number of hydrogen-bond donors (Lipinski definition) is 2. The SMILES string of the molecule is COc1ccc2[nH]c(-c3ccccc3C)c(CC(=O)O)c2c1. The topological polar surface area (TPSA) is 62.3 Å². The predicted molar refractivity (Wildman–Crippen MR) is 86.4 cm³/mol. The molecule has 2 N–H and O–H groups in total. The normalized spacial score (nSPS) is 10.8. The Kier molecular flexibility index (Phi) is 3.59. The summed E-state index contributed by atoms with van der Waals surface area (Å²) in [5, 5.41) is 10.2. The molecule has 0 atom stereocenters. The van der Waals surface area contributed by atoms with E-state index in [9.17, 15) is 9.90 Å². The van der Waals surface area contributed by atoms with Gasteiger partial charge in [0, 0.05) is 16.5 Å². The Morgan fingerprint density at radius 1 is 1.23 bits per heavy atom. The van der Waals surface area contributed by atoms with E-state index in [1.54, 1.807) is 7.11 Å². The summed E-state index contributed by atoms with van der Waals surface area (Å²) in [6.45, 7) is 2.02. The number of methoxy groups -OCH3 is 1. The van der Waals surface area contributed by atoms with Crippen molar-refractivity contribution in [2.45, 2.75) is 13.3 Å². The Morgan fingerprint density at radius 2 is 2.00 bits per heavy atom. The van der Waals surface area contributed by atoms with Crippen molar-refractivity contribution in [3.8, 4) is 17.0 Å². The number of carbonyl (C=O) groups is 1. The zero-order chi connectivity index (χ0) is 15.7. The third kappa shape index (κ3) is 2.44. The standard InChI is InChI=1S/C18H17NO3/c1-11-5-3-4-6-13(11)18-15(10-17(20)21)14-9-12(22-2)7-8-16(14)19-18/h3-9,19H,10H2,1-2H3,(H,20,21). The van der Waals surface area contributed by atoms with Gasteiger partial charge in [-0.3, -0.25) is 4.79 Å². The monoisotopic (exact) mass is 295 g/mol. The summed E-state index contributed by atoms with van der Waals surface area (Å²) in [6, 6.07) is 13.6. The number of benzene rings is 2. The molecule has 22 heavy (non-hydrogen) atoms. The summed E-state index contributed by atoms with van der Waals surface area (Å²) >= 11 is 0. The van der Waals surface area contributed by atoms with Crippen LogP contribution < -0.4 is 4.74 Å². The fourth-order valence-electron chi connectivity index (χ4n) is 2.77. The number of nitrogens with one attached hydrogen (secondary N) is 1. The van der Waals surface area contributed by atoms with Gasteiger partial charge in [0.2, 0.25) is 0 Å². The number of H-pyrrole nitrogens is 1. The van der Waals surface area contributed by atoms with Crippen LogP contribution in [0.25, 0.3) is 22.2 Å². The van der Waals surface area contributed by atoms with Gasteiger partial charge in [0.15, 0.2) is 0 Å². The number of aromatic amines is 1. The van der Waals surface area contributed by atoms with Gasteiger partial charge >= 0.3 is 5.97 Å². The van der Waals surface area contributed by atoms with Crippen molar-refractivity contribution in [2.75, 3.05) is 7.11 Å². The van der Waals surface area contributed by atoms with Crippen LogP contribution in [0.3, 0.4) is 0 Å². The maximum absolute atomic E-state index is 11.3. The van der Waals surface area contributed by atoms with Gasteiger partial charge in [-0.25, -0.2) is 0 Å². The number of aromatic nitrogens is 1. The molecule has 0 saturated carbocycles. The van der Waals surface area contributed by atoms with E-state index in [-0.39, 0.29) is 6.42 Å². The highest BCUT2D eigenvalue weighted by molar-refractivity contribution is 5.95. The highest BCUT2D eigenvalue weighted by atomic mass is 16.5. The molecule has 0 fully saturated rings. The highest BCUT2D eigenvalue weighted by Crippen LogP contribution is 2.34. The maximum atomic E-state index is 11.3. The van der Waals surface area contributed by atoms with Crippen molar-refractivity contribution in [1.29, 1.82) is 0 Å². The van der Waals surface area contributed by atoms with Gasteiger partial charge in [-0.2, -0.15) is 0 Å². The Bertz CT molecular complexity index is 849. The molecule has 3 rings (SSSR count). The Balaban J connectivity index is 2.29. The van der Waals surface area contributed by atoms with Crippen LogP contribution in [-0.4, -0.2) is 23.2 Å².